The molecule has 0 aromatic heterocycles. The van der Waals surface area contributed by atoms with E-state index in [0.29, 0.717) is 12.3 Å². The molecule has 0 aliphatic heterocycles. The summed E-state index contributed by atoms with van der Waals surface area (Å²) in [6.07, 6.45) is 0. The third-order valence-corrected chi connectivity index (χ3v) is 3.22. The van der Waals surface area contributed by atoms with Gasteiger partial charge in [0.2, 0.25) is 5.91 Å². The van der Waals surface area contributed by atoms with Crippen molar-refractivity contribution in [1.82, 2.24) is 10.6 Å². The first-order valence-corrected chi connectivity index (χ1v) is 7.85. The van der Waals surface area contributed by atoms with Crippen LogP contribution in [0.5, 0.6) is 5.75 Å². The minimum Gasteiger partial charge on any atom is -0.494 e. The van der Waals surface area contributed by atoms with E-state index in [4.69, 9.17) is 4.74 Å². The monoisotopic (exact) mass is 345 g/mol. The molecule has 7 heteroatoms. The van der Waals surface area contributed by atoms with E-state index in [2.05, 4.69) is 16.0 Å². The van der Waals surface area contributed by atoms with Crippen LogP contribution in [-0.4, -0.2) is 25.1 Å². The van der Waals surface area contributed by atoms with Gasteiger partial charge in [-0.3, -0.25) is 4.79 Å². The second-order valence-corrected chi connectivity index (χ2v) is 5.17. The molecule has 2 aromatic rings. The maximum atomic E-state index is 12.8. The summed E-state index contributed by atoms with van der Waals surface area (Å²) in [6, 6.07) is 12.3. The summed E-state index contributed by atoms with van der Waals surface area (Å²) in [4.78, 5) is 23.5. The Morgan fingerprint density at radius 2 is 1.68 bits per heavy atom. The molecule has 6 nitrogen and oxygen atoms in total. The van der Waals surface area contributed by atoms with Gasteiger partial charge in [-0.05, 0) is 48.9 Å². The Balaban J connectivity index is 1.69. The van der Waals surface area contributed by atoms with E-state index in [1.54, 1.807) is 36.4 Å². The highest BCUT2D eigenvalue weighted by Crippen LogP contribution is 2.15. The molecule has 0 saturated heterocycles. The average molecular weight is 345 g/mol. The van der Waals surface area contributed by atoms with Gasteiger partial charge >= 0.3 is 6.03 Å². The Kier molecular flexibility index (Phi) is 6.76. The zero-order chi connectivity index (χ0) is 18.1. The molecular formula is C18H20FN3O3. The van der Waals surface area contributed by atoms with E-state index in [9.17, 15) is 14.0 Å². The lowest BCUT2D eigenvalue weighted by atomic mass is 10.2. The Labute approximate surface area is 145 Å². The number of urea groups is 1. The van der Waals surface area contributed by atoms with Crippen molar-refractivity contribution in [1.29, 1.82) is 0 Å². The molecular weight excluding hydrogens is 325 g/mol. The standard InChI is InChI=1S/C18H20FN3O3/c1-2-25-16-9-7-15(8-10-16)22-17(23)12-21-18(24)20-11-13-3-5-14(19)6-4-13/h3-10H,2,11-12H2,1H3,(H,22,23)(H2,20,21,24). The van der Waals surface area contributed by atoms with Crippen LogP contribution in [0.3, 0.4) is 0 Å². The molecule has 0 unspecified atom stereocenters. The van der Waals surface area contributed by atoms with Gasteiger partial charge in [0.1, 0.15) is 11.6 Å². The summed E-state index contributed by atoms with van der Waals surface area (Å²) in [6.45, 7) is 2.54. The number of nitrogens with one attached hydrogen (secondary N) is 3. The topological polar surface area (TPSA) is 79.5 Å². The maximum Gasteiger partial charge on any atom is 0.315 e. The molecule has 0 heterocycles. The van der Waals surface area contributed by atoms with Crippen LogP contribution in [0.1, 0.15) is 12.5 Å². The Morgan fingerprint density at radius 1 is 1.00 bits per heavy atom. The highest BCUT2D eigenvalue weighted by molar-refractivity contribution is 5.94. The van der Waals surface area contributed by atoms with E-state index < -0.39 is 6.03 Å². The summed E-state index contributed by atoms with van der Waals surface area (Å²) >= 11 is 0. The fourth-order valence-corrected chi connectivity index (χ4v) is 2.01. The van der Waals surface area contributed by atoms with E-state index in [1.165, 1.54) is 12.1 Å². The van der Waals surface area contributed by atoms with Gasteiger partial charge in [-0.25, -0.2) is 9.18 Å². The number of hydrogen-bond acceptors (Lipinski definition) is 3. The summed E-state index contributed by atoms with van der Waals surface area (Å²) in [5.74, 6) is 0.0408. The van der Waals surface area contributed by atoms with Crippen molar-refractivity contribution in [3.8, 4) is 5.75 Å². The molecule has 132 valence electrons. The first kappa shape index (κ1) is 18.3. The van der Waals surface area contributed by atoms with Gasteiger partial charge in [0.25, 0.3) is 0 Å². The van der Waals surface area contributed by atoms with Crippen LogP contribution in [0.2, 0.25) is 0 Å². The number of hydrogen-bond donors (Lipinski definition) is 3. The number of benzene rings is 2. The van der Waals surface area contributed by atoms with Crippen LogP contribution < -0.4 is 20.7 Å². The summed E-state index contributed by atoms with van der Waals surface area (Å²) in [5.41, 5.74) is 1.37. The van der Waals surface area contributed by atoms with Gasteiger partial charge in [0, 0.05) is 12.2 Å². The van der Waals surface area contributed by atoms with Crippen LogP contribution in [0.4, 0.5) is 14.9 Å². The van der Waals surface area contributed by atoms with Gasteiger partial charge < -0.3 is 20.7 Å². The Hall–Kier alpha value is -3.09. The predicted octanol–water partition coefficient (Wildman–Crippen LogP) is 2.66. The lowest BCUT2D eigenvalue weighted by Crippen LogP contribution is -2.39. The molecule has 2 aromatic carbocycles. The summed E-state index contributed by atoms with van der Waals surface area (Å²) < 4.78 is 18.1. The van der Waals surface area contributed by atoms with E-state index in [1.807, 2.05) is 6.92 Å². The lowest BCUT2D eigenvalue weighted by molar-refractivity contribution is -0.115. The van der Waals surface area contributed by atoms with Gasteiger partial charge in [-0.15, -0.1) is 0 Å². The zero-order valence-corrected chi connectivity index (χ0v) is 13.8. The van der Waals surface area contributed by atoms with E-state index in [-0.39, 0.29) is 24.8 Å². The lowest BCUT2D eigenvalue weighted by Gasteiger charge is -2.09. The van der Waals surface area contributed by atoms with Gasteiger partial charge in [-0.2, -0.15) is 0 Å². The van der Waals surface area contributed by atoms with Crippen molar-refractivity contribution in [2.75, 3.05) is 18.5 Å². The molecule has 3 N–H and O–H groups in total. The number of rotatable bonds is 7. The highest BCUT2D eigenvalue weighted by atomic mass is 19.1. The number of carbonyl (C=O) groups is 2. The van der Waals surface area contributed by atoms with Crippen LogP contribution in [0, 0.1) is 5.82 Å². The van der Waals surface area contributed by atoms with Gasteiger partial charge in [0.15, 0.2) is 0 Å². The second kappa shape index (κ2) is 9.27. The van der Waals surface area contributed by atoms with Crippen LogP contribution >= 0.6 is 0 Å². The van der Waals surface area contributed by atoms with Gasteiger partial charge in [0.05, 0.1) is 13.2 Å². The molecule has 0 aliphatic rings. The fraction of sp³-hybridized carbons (Fsp3) is 0.222. The predicted molar refractivity (Wildman–Crippen MR) is 92.9 cm³/mol. The highest BCUT2D eigenvalue weighted by Gasteiger charge is 2.06. The number of carbonyl (C=O) groups excluding carboxylic acids is 2. The molecule has 0 bridgehead atoms. The normalized spacial score (nSPS) is 10.0. The largest absolute Gasteiger partial charge is 0.494 e. The minimum atomic E-state index is -0.480. The van der Waals surface area contributed by atoms with Crippen molar-refractivity contribution in [3.63, 3.8) is 0 Å². The summed E-state index contributed by atoms with van der Waals surface area (Å²) in [7, 11) is 0. The van der Waals surface area contributed by atoms with Crippen LogP contribution in [-0.2, 0) is 11.3 Å². The van der Waals surface area contributed by atoms with Crippen molar-refractivity contribution in [2.45, 2.75) is 13.5 Å². The third kappa shape index (κ3) is 6.50. The molecule has 0 atom stereocenters. The zero-order valence-electron chi connectivity index (χ0n) is 13.8. The molecule has 0 spiro atoms. The molecule has 0 fully saturated rings. The molecule has 2 rings (SSSR count). The Bertz CT molecular complexity index is 703. The molecule has 25 heavy (non-hydrogen) atoms. The van der Waals surface area contributed by atoms with Crippen molar-refractivity contribution >= 4 is 17.6 Å². The van der Waals surface area contributed by atoms with Gasteiger partial charge in [-0.1, -0.05) is 12.1 Å². The minimum absolute atomic E-state index is 0.164. The third-order valence-electron chi connectivity index (χ3n) is 3.22. The smallest absolute Gasteiger partial charge is 0.315 e. The quantitative estimate of drug-likeness (QED) is 0.722. The summed E-state index contributed by atoms with van der Waals surface area (Å²) in [5, 5.41) is 7.71. The molecule has 0 radical (unpaired) electrons. The average Bonchev–Trinajstić information content (AvgIpc) is 2.61. The van der Waals surface area contributed by atoms with E-state index in [0.717, 1.165) is 11.3 Å². The second-order valence-electron chi connectivity index (χ2n) is 5.17. The molecule has 0 aliphatic carbocycles. The number of halogens is 1. The van der Waals surface area contributed by atoms with Crippen molar-refractivity contribution in [2.24, 2.45) is 0 Å². The number of amides is 3. The molecule has 3 amide bonds. The van der Waals surface area contributed by atoms with E-state index >= 15 is 0 Å². The number of anilines is 1. The maximum absolute atomic E-state index is 12.8. The molecule has 0 saturated carbocycles. The first-order chi connectivity index (χ1) is 12.1. The van der Waals surface area contributed by atoms with Crippen molar-refractivity contribution < 1.29 is 18.7 Å². The number of ether oxygens (including phenoxy) is 1. The SMILES string of the molecule is CCOc1ccc(NC(=O)CNC(=O)NCc2ccc(F)cc2)cc1. The van der Waals surface area contributed by atoms with Crippen molar-refractivity contribution in [3.05, 3.63) is 59.9 Å². The Morgan fingerprint density at radius 3 is 2.32 bits per heavy atom. The fourth-order valence-electron chi connectivity index (χ4n) is 2.01. The van der Waals surface area contributed by atoms with Crippen LogP contribution in [0.25, 0.3) is 0 Å². The van der Waals surface area contributed by atoms with Crippen LogP contribution in [0.15, 0.2) is 48.5 Å². The first-order valence-electron chi connectivity index (χ1n) is 7.85.